The van der Waals surface area contributed by atoms with Gasteiger partial charge in [-0.05, 0) is 42.0 Å². The summed E-state index contributed by atoms with van der Waals surface area (Å²) in [6.07, 6.45) is 1.80. The first-order valence-electron chi connectivity index (χ1n) is 10.6. The highest BCUT2D eigenvalue weighted by molar-refractivity contribution is 7.09. The van der Waals surface area contributed by atoms with Crippen LogP contribution < -0.4 is 11.1 Å². The molecule has 0 aliphatic heterocycles. The average molecular weight is 442 g/mol. The van der Waals surface area contributed by atoms with Crippen molar-refractivity contribution in [2.75, 3.05) is 5.73 Å². The number of amides is 1. The van der Waals surface area contributed by atoms with Crippen LogP contribution in [0.15, 0.2) is 72.1 Å². The van der Waals surface area contributed by atoms with Crippen LogP contribution in [0.2, 0.25) is 0 Å². The Kier molecular flexibility index (Phi) is 5.56. The maximum atomic E-state index is 13.2. The van der Waals surface area contributed by atoms with Crippen LogP contribution in [0.5, 0.6) is 0 Å². The van der Waals surface area contributed by atoms with Gasteiger partial charge in [-0.15, -0.1) is 11.3 Å². The number of aromatic nitrogens is 3. The van der Waals surface area contributed by atoms with Gasteiger partial charge >= 0.3 is 0 Å². The summed E-state index contributed by atoms with van der Waals surface area (Å²) < 4.78 is 1.93. The van der Waals surface area contributed by atoms with E-state index in [-0.39, 0.29) is 5.91 Å². The van der Waals surface area contributed by atoms with Crippen molar-refractivity contribution in [1.82, 2.24) is 19.9 Å². The quantitative estimate of drug-likeness (QED) is 0.380. The van der Waals surface area contributed by atoms with Crippen LogP contribution in [-0.2, 0) is 19.5 Å². The molecule has 0 saturated carbocycles. The number of aryl methyl sites for hydroxylation is 2. The number of nitrogens with two attached hydrogens (primary N) is 1. The molecule has 6 nitrogen and oxygen atoms in total. The number of anilines is 1. The fraction of sp³-hybridized carbons (Fsp3) is 0.160. The molecule has 0 spiro atoms. The molecule has 0 saturated heterocycles. The Morgan fingerprint density at radius 2 is 1.72 bits per heavy atom. The van der Waals surface area contributed by atoms with Gasteiger partial charge in [0.1, 0.15) is 16.9 Å². The second-order valence-corrected chi connectivity index (χ2v) is 8.68. The summed E-state index contributed by atoms with van der Waals surface area (Å²) in [5, 5.41) is 4.98. The minimum Gasteiger partial charge on any atom is -0.384 e. The zero-order valence-electron chi connectivity index (χ0n) is 17.5. The van der Waals surface area contributed by atoms with Gasteiger partial charge in [0.25, 0.3) is 5.91 Å². The van der Waals surface area contributed by atoms with Gasteiger partial charge in [-0.1, -0.05) is 48.5 Å². The molecule has 3 N–H and O–H groups in total. The lowest BCUT2D eigenvalue weighted by Gasteiger charge is -2.08. The fourth-order valence-corrected chi connectivity index (χ4v) is 4.57. The van der Waals surface area contributed by atoms with Crippen molar-refractivity contribution in [2.24, 2.45) is 0 Å². The van der Waals surface area contributed by atoms with Gasteiger partial charge in [0.15, 0.2) is 5.65 Å². The molecular formula is C25H23N5OS. The summed E-state index contributed by atoms with van der Waals surface area (Å²) in [5.41, 5.74) is 10.9. The van der Waals surface area contributed by atoms with E-state index in [0.29, 0.717) is 35.6 Å². The summed E-state index contributed by atoms with van der Waals surface area (Å²) >= 11 is 1.60. The van der Waals surface area contributed by atoms with Crippen molar-refractivity contribution in [3.8, 4) is 0 Å². The first-order chi connectivity index (χ1) is 15.7. The van der Waals surface area contributed by atoms with Crippen molar-refractivity contribution < 1.29 is 4.79 Å². The number of hydrogen-bond acceptors (Lipinski definition) is 5. The summed E-state index contributed by atoms with van der Waals surface area (Å²) in [5.74, 6) is 0.180. The number of nitrogen functional groups attached to an aromatic ring is 1. The molecule has 0 unspecified atom stereocenters. The number of benzene rings is 2. The maximum Gasteiger partial charge on any atom is 0.257 e. The van der Waals surface area contributed by atoms with Crippen molar-refractivity contribution in [3.63, 3.8) is 0 Å². The van der Waals surface area contributed by atoms with Gasteiger partial charge in [0.05, 0.1) is 17.6 Å². The maximum absolute atomic E-state index is 13.2. The van der Waals surface area contributed by atoms with Gasteiger partial charge in [-0.25, -0.2) is 9.97 Å². The zero-order valence-corrected chi connectivity index (χ0v) is 18.3. The van der Waals surface area contributed by atoms with Crippen molar-refractivity contribution in [2.45, 2.75) is 25.9 Å². The first-order valence-corrected chi connectivity index (χ1v) is 11.5. The molecular weight excluding hydrogens is 418 g/mol. The van der Waals surface area contributed by atoms with E-state index in [1.807, 2.05) is 64.5 Å². The molecule has 0 aliphatic carbocycles. The lowest BCUT2D eigenvalue weighted by molar-refractivity contribution is 0.0953. The first kappa shape index (κ1) is 20.2. The molecule has 0 aliphatic rings. The fourth-order valence-electron chi connectivity index (χ4n) is 3.92. The van der Waals surface area contributed by atoms with Gasteiger partial charge < -0.3 is 15.6 Å². The van der Waals surface area contributed by atoms with E-state index < -0.39 is 0 Å². The van der Waals surface area contributed by atoms with E-state index in [2.05, 4.69) is 17.4 Å². The highest BCUT2D eigenvalue weighted by Gasteiger charge is 2.23. The molecule has 0 fully saturated rings. The Bertz CT molecular complexity index is 1380. The molecule has 5 rings (SSSR count). The monoisotopic (exact) mass is 441 g/mol. The number of carbonyl (C=O) groups is 1. The summed E-state index contributed by atoms with van der Waals surface area (Å²) in [4.78, 5) is 23.8. The number of thiophene rings is 1. The average Bonchev–Trinajstić information content (AvgIpc) is 3.43. The number of nitrogens with zero attached hydrogens (tertiary/aromatic N) is 3. The lowest BCUT2D eigenvalue weighted by atomic mass is 10.1. The van der Waals surface area contributed by atoms with Crippen LogP contribution >= 0.6 is 11.3 Å². The molecule has 0 bridgehead atoms. The predicted molar refractivity (Wildman–Crippen MR) is 130 cm³/mol. The van der Waals surface area contributed by atoms with Crippen LogP contribution in [0.1, 0.15) is 27.2 Å². The molecule has 3 heterocycles. The number of fused-ring (bicyclic) bond motifs is 2. The predicted octanol–water partition coefficient (Wildman–Crippen LogP) is 4.79. The third-order valence-corrected chi connectivity index (χ3v) is 6.39. The van der Waals surface area contributed by atoms with Gasteiger partial charge in [0, 0.05) is 11.4 Å². The second kappa shape index (κ2) is 8.80. The molecule has 1 amide bonds. The Morgan fingerprint density at radius 1 is 0.969 bits per heavy atom. The third kappa shape index (κ3) is 3.94. The van der Waals surface area contributed by atoms with Crippen LogP contribution in [0.25, 0.3) is 22.2 Å². The molecule has 0 atom stereocenters. The van der Waals surface area contributed by atoms with Gasteiger partial charge in [-0.3, -0.25) is 4.79 Å². The minimum atomic E-state index is -0.229. The zero-order chi connectivity index (χ0) is 21.9. The Hall–Kier alpha value is -3.71. The Morgan fingerprint density at radius 3 is 2.47 bits per heavy atom. The van der Waals surface area contributed by atoms with Crippen LogP contribution in [0.4, 0.5) is 5.82 Å². The Labute approximate surface area is 189 Å². The molecule has 5 aromatic rings. The van der Waals surface area contributed by atoms with Crippen LogP contribution in [0, 0.1) is 0 Å². The van der Waals surface area contributed by atoms with E-state index >= 15 is 0 Å². The SMILES string of the molecule is Nc1c(C(=O)NCc2cccs2)c2nc3ccccc3nc2n1CCCc1ccccc1. The van der Waals surface area contributed by atoms with Crippen molar-refractivity contribution >= 4 is 45.3 Å². The highest BCUT2D eigenvalue weighted by Crippen LogP contribution is 2.28. The van der Waals surface area contributed by atoms with Crippen LogP contribution in [0.3, 0.4) is 0 Å². The standard InChI is InChI=1S/C25H23N5OS/c26-23-21(25(31)27-16-18-11-7-15-32-18)22-24(29-20-13-5-4-12-19(20)28-22)30(23)14-6-10-17-8-2-1-3-9-17/h1-5,7-9,11-13,15H,6,10,14,16,26H2,(H,27,31). The summed E-state index contributed by atoms with van der Waals surface area (Å²) in [6, 6.07) is 22.0. The summed E-state index contributed by atoms with van der Waals surface area (Å²) in [6.45, 7) is 1.11. The molecule has 7 heteroatoms. The third-order valence-electron chi connectivity index (χ3n) is 5.51. The normalized spacial score (nSPS) is 11.2. The Balaban J connectivity index is 1.50. The van der Waals surface area contributed by atoms with E-state index in [1.54, 1.807) is 11.3 Å². The van der Waals surface area contributed by atoms with Crippen molar-refractivity contribution in [3.05, 3.63) is 88.1 Å². The molecule has 160 valence electrons. The molecule has 32 heavy (non-hydrogen) atoms. The number of carbonyl (C=O) groups excluding carboxylic acids is 1. The van der Waals surface area contributed by atoms with Gasteiger partial charge in [-0.2, -0.15) is 0 Å². The van der Waals surface area contributed by atoms with Gasteiger partial charge in [0.2, 0.25) is 0 Å². The topological polar surface area (TPSA) is 85.8 Å². The number of hydrogen-bond donors (Lipinski definition) is 2. The lowest BCUT2D eigenvalue weighted by Crippen LogP contribution is -2.23. The molecule has 2 aromatic carbocycles. The summed E-state index contributed by atoms with van der Waals surface area (Å²) in [7, 11) is 0. The second-order valence-electron chi connectivity index (χ2n) is 7.65. The number of rotatable bonds is 7. The van der Waals surface area contributed by atoms with Crippen molar-refractivity contribution in [1.29, 1.82) is 0 Å². The number of nitrogens with one attached hydrogen (secondary N) is 1. The van der Waals surface area contributed by atoms with E-state index in [4.69, 9.17) is 15.7 Å². The highest BCUT2D eigenvalue weighted by atomic mass is 32.1. The minimum absolute atomic E-state index is 0.229. The van der Waals surface area contributed by atoms with E-state index in [0.717, 1.165) is 28.8 Å². The van der Waals surface area contributed by atoms with E-state index in [9.17, 15) is 4.79 Å². The molecule has 3 aromatic heterocycles. The largest absolute Gasteiger partial charge is 0.384 e. The van der Waals surface area contributed by atoms with E-state index in [1.165, 1.54) is 5.56 Å². The molecule has 0 radical (unpaired) electrons. The van der Waals surface area contributed by atoms with Crippen LogP contribution in [-0.4, -0.2) is 20.4 Å². The smallest absolute Gasteiger partial charge is 0.257 e. The number of para-hydroxylation sites is 2.